The zero-order valence-corrected chi connectivity index (χ0v) is 14.1. The molecule has 3 rings (SSSR count). The summed E-state index contributed by atoms with van der Waals surface area (Å²) in [5.41, 5.74) is 1.77. The fraction of sp³-hybridized carbons (Fsp3) is 0.294. The van der Waals surface area contributed by atoms with Crippen molar-refractivity contribution in [3.63, 3.8) is 0 Å². The largest absolute Gasteiger partial charge is 0.497 e. The summed E-state index contributed by atoms with van der Waals surface area (Å²) >= 11 is 0. The molecule has 0 amide bonds. The van der Waals surface area contributed by atoms with Crippen molar-refractivity contribution in [3.05, 3.63) is 48.0 Å². The molecule has 2 aromatic carbocycles. The first-order valence-electron chi connectivity index (χ1n) is 7.33. The van der Waals surface area contributed by atoms with Gasteiger partial charge in [0, 0.05) is 12.1 Å². The van der Waals surface area contributed by atoms with E-state index in [0.29, 0.717) is 12.2 Å². The van der Waals surface area contributed by atoms with Gasteiger partial charge in [-0.05, 0) is 37.1 Å². The summed E-state index contributed by atoms with van der Waals surface area (Å²) in [4.78, 5) is 0.143. The van der Waals surface area contributed by atoms with Gasteiger partial charge in [-0.1, -0.05) is 18.2 Å². The van der Waals surface area contributed by atoms with Crippen molar-refractivity contribution >= 4 is 15.7 Å². The van der Waals surface area contributed by atoms with Crippen molar-refractivity contribution in [3.8, 4) is 11.5 Å². The number of nitrogens with zero attached hydrogens (tertiary/aromatic N) is 1. The first-order valence-corrected chi connectivity index (χ1v) is 8.77. The van der Waals surface area contributed by atoms with Crippen molar-refractivity contribution < 1.29 is 17.9 Å². The minimum absolute atomic E-state index is 0.135. The van der Waals surface area contributed by atoms with Gasteiger partial charge in [-0.15, -0.1) is 0 Å². The van der Waals surface area contributed by atoms with E-state index in [1.807, 2.05) is 31.2 Å². The van der Waals surface area contributed by atoms with Gasteiger partial charge in [-0.2, -0.15) is 0 Å². The van der Waals surface area contributed by atoms with Crippen molar-refractivity contribution in [2.24, 2.45) is 0 Å². The molecular formula is C17H19NO4S. The molecule has 1 heterocycles. The van der Waals surface area contributed by atoms with Crippen LogP contribution in [-0.4, -0.2) is 28.7 Å². The summed E-state index contributed by atoms with van der Waals surface area (Å²) < 4.78 is 38.3. The van der Waals surface area contributed by atoms with Crippen LogP contribution < -0.4 is 13.8 Å². The molecule has 0 fully saturated rings. The van der Waals surface area contributed by atoms with Gasteiger partial charge in [-0.3, -0.25) is 4.31 Å². The Kier molecular flexibility index (Phi) is 3.93. The van der Waals surface area contributed by atoms with Crippen LogP contribution in [0.1, 0.15) is 12.5 Å². The molecule has 0 N–H and O–H groups in total. The second-order valence-electron chi connectivity index (χ2n) is 5.50. The van der Waals surface area contributed by atoms with E-state index in [1.54, 1.807) is 12.1 Å². The molecule has 2 aromatic rings. The molecule has 1 atom stereocenters. The SMILES string of the molecule is COc1ccc(S(=O)(=O)N2c3ccccc3C[C@@H]2C)c(OC)c1. The summed E-state index contributed by atoms with van der Waals surface area (Å²) in [5.74, 6) is 0.830. The Morgan fingerprint density at radius 1 is 1.09 bits per heavy atom. The lowest BCUT2D eigenvalue weighted by Crippen LogP contribution is -2.35. The molecular weight excluding hydrogens is 314 g/mol. The highest BCUT2D eigenvalue weighted by Gasteiger charge is 2.37. The predicted molar refractivity (Wildman–Crippen MR) is 88.8 cm³/mol. The highest BCUT2D eigenvalue weighted by Crippen LogP contribution is 2.39. The van der Waals surface area contributed by atoms with Crippen LogP contribution in [0.3, 0.4) is 0 Å². The molecule has 6 heteroatoms. The summed E-state index contributed by atoms with van der Waals surface area (Å²) in [6.07, 6.45) is 0.702. The predicted octanol–water partition coefficient (Wildman–Crippen LogP) is 2.84. The molecule has 0 unspecified atom stereocenters. The Morgan fingerprint density at radius 2 is 1.83 bits per heavy atom. The number of methoxy groups -OCH3 is 2. The Morgan fingerprint density at radius 3 is 2.52 bits per heavy atom. The molecule has 0 radical (unpaired) electrons. The molecule has 0 aliphatic carbocycles. The van der Waals surface area contributed by atoms with Gasteiger partial charge in [0.2, 0.25) is 0 Å². The summed E-state index contributed by atoms with van der Waals surface area (Å²) in [7, 11) is -0.733. The van der Waals surface area contributed by atoms with E-state index < -0.39 is 10.0 Å². The number of hydrogen-bond acceptors (Lipinski definition) is 4. The van der Waals surface area contributed by atoms with Crippen molar-refractivity contribution in [1.82, 2.24) is 0 Å². The molecule has 0 saturated heterocycles. The molecule has 1 aliphatic heterocycles. The number of hydrogen-bond donors (Lipinski definition) is 0. The van der Waals surface area contributed by atoms with Crippen LogP contribution in [0, 0.1) is 0 Å². The Bertz CT molecular complexity index is 832. The monoisotopic (exact) mass is 333 g/mol. The third-order valence-corrected chi connectivity index (χ3v) is 6.02. The Labute approximate surface area is 136 Å². The van der Waals surface area contributed by atoms with Gasteiger partial charge >= 0.3 is 0 Å². The van der Waals surface area contributed by atoms with Crippen LogP contribution in [0.5, 0.6) is 11.5 Å². The average molecular weight is 333 g/mol. The third-order valence-electron chi connectivity index (χ3n) is 4.05. The number of sulfonamides is 1. The van der Waals surface area contributed by atoms with Gasteiger partial charge in [0.15, 0.2) is 0 Å². The van der Waals surface area contributed by atoms with Crippen LogP contribution >= 0.6 is 0 Å². The second-order valence-corrected chi connectivity index (χ2v) is 7.28. The standard InChI is InChI=1S/C17H19NO4S/c1-12-10-13-6-4-5-7-15(13)18(12)23(19,20)17-9-8-14(21-2)11-16(17)22-3/h4-9,11-12H,10H2,1-3H3/t12-/m0/s1. The van der Waals surface area contributed by atoms with Gasteiger partial charge < -0.3 is 9.47 Å². The van der Waals surface area contributed by atoms with E-state index in [4.69, 9.17) is 9.47 Å². The highest BCUT2D eigenvalue weighted by atomic mass is 32.2. The number of anilines is 1. The third kappa shape index (κ3) is 2.53. The number of rotatable bonds is 4. The lowest BCUT2D eigenvalue weighted by Gasteiger charge is -2.25. The smallest absolute Gasteiger partial charge is 0.268 e. The van der Waals surface area contributed by atoms with E-state index in [-0.39, 0.29) is 16.7 Å². The lowest BCUT2D eigenvalue weighted by molar-refractivity contribution is 0.386. The van der Waals surface area contributed by atoms with Crippen molar-refractivity contribution in [2.75, 3.05) is 18.5 Å². The van der Waals surface area contributed by atoms with Gasteiger partial charge in [0.25, 0.3) is 10.0 Å². The van der Waals surface area contributed by atoms with Crippen LogP contribution in [-0.2, 0) is 16.4 Å². The maximum absolute atomic E-state index is 13.2. The van der Waals surface area contributed by atoms with E-state index in [1.165, 1.54) is 24.6 Å². The summed E-state index contributed by atoms with van der Waals surface area (Å²) in [5, 5.41) is 0. The number of para-hydroxylation sites is 1. The highest BCUT2D eigenvalue weighted by molar-refractivity contribution is 7.93. The number of ether oxygens (including phenoxy) is 2. The van der Waals surface area contributed by atoms with Crippen LogP contribution in [0.25, 0.3) is 0 Å². The maximum Gasteiger partial charge on any atom is 0.268 e. The first kappa shape index (κ1) is 15.7. The Balaban J connectivity index is 2.13. The van der Waals surface area contributed by atoms with E-state index in [2.05, 4.69) is 0 Å². The number of fused-ring (bicyclic) bond motifs is 1. The van der Waals surface area contributed by atoms with E-state index >= 15 is 0 Å². The molecule has 122 valence electrons. The molecule has 0 bridgehead atoms. The van der Waals surface area contributed by atoms with Crippen molar-refractivity contribution in [1.29, 1.82) is 0 Å². The summed E-state index contributed by atoms with van der Waals surface area (Å²) in [6.45, 7) is 1.91. The quantitative estimate of drug-likeness (QED) is 0.863. The molecule has 23 heavy (non-hydrogen) atoms. The van der Waals surface area contributed by atoms with Crippen LogP contribution in [0.4, 0.5) is 5.69 Å². The lowest BCUT2D eigenvalue weighted by atomic mass is 10.1. The minimum atomic E-state index is -3.72. The second kappa shape index (κ2) is 5.77. The van der Waals surface area contributed by atoms with Gasteiger partial charge in [-0.25, -0.2) is 8.42 Å². The number of benzene rings is 2. The zero-order valence-electron chi connectivity index (χ0n) is 13.3. The van der Waals surface area contributed by atoms with Gasteiger partial charge in [0.05, 0.1) is 19.9 Å². The molecule has 5 nitrogen and oxygen atoms in total. The zero-order chi connectivity index (χ0) is 16.6. The minimum Gasteiger partial charge on any atom is -0.497 e. The molecule has 0 saturated carbocycles. The molecule has 0 spiro atoms. The fourth-order valence-electron chi connectivity index (χ4n) is 3.00. The maximum atomic E-state index is 13.2. The summed E-state index contributed by atoms with van der Waals surface area (Å²) in [6, 6.07) is 12.2. The Hall–Kier alpha value is -2.21. The van der Waals surface area contributed by atoms with Crippen LogP contribution in [0.15, 0.2) is 47.4 Å². The average Bonchev–Trinajstić information content (AvgIpc) is 2.90. The van der Waals surface area contributed by atoms with E-state index in [9.17, 15) is 8.42 Å². The van der Waals surface area contributed by atoms with E-state index in [0.717, 1.165) is 11.3 Å². The molecule has 0 aromatic heterocycles. The fourth-order valence-corrected chi connectivity index (χ4v) is 4.83. The van der Waals surface area contributed by atoms with Gasteiger partial charge in [0.1, 0.15) is 16.4 Å². The first-order chi connectivity index (χ1) is 11.0. The van der Waals surface area contributed by atoms with Crippen molar-refractivity contribution in [2.45, 2.75) is 24.3 Å². The topological polar surface area (TPSA) is 55.8 Å². The van der Waals surface area contributed by atoms with Crippen LogP contribution in [0.2, 0.25) is 0 Å². The normalized spacial score (nSPS) is 17.0. The molecule has 1 aliphatic rings.